The summed E-state index contributed by atoms with van der Waals surface area (Å²) in [7, 11) is 0. The minimum Gasteiger partial charge on any atom is -0.481 e. The molecule has 170 valence electrons. The fourth-order valence-electron chi connectivity index (χ4n) is 3.52. The quantitative estimate of drug-likeness (QED) is 0.522. The van der Waals surface area contributed by atoms with Crippen LogP contribution in [-0.2, 0) is 4.79 Å². The zero-order valence-corrected chi connectivity index (χ0v) is 18.5. The number of aliphatic carboxylic acids is 1. The van der Waals surface area contributed by atoms with Gasteiger partial charge in [-0.25, -0.2) is 4.98 Å². The number of carbonyl (C=O) groups excluding carboxylic acids is 2. The van der Waals surface area contributed by atoms with Crippen molar-refractivity contribution >= 4 is 29.4 Å². The number of carboxylic acids is 1. The molecule has 1 fully saturated rings. The van der Waals surface area contributed by atoms with Gasteiger partial charge in [-0.15, -0.1) is 0 Å². The fourth-order valence-corrected chi connectivity index (χ4v) is 3.64. The highest BCUT2D eigenvalue weighted by Crippen LogP contribution is 2.27. The number of nitrogens with one attached hydrogen (secondary N) is 2. The van der Waals surface area contributed by atoms with Gasteiger partial charge in [-0.2, -0.15) is 0 Å². The number of rotatable bonds is 8. The molecule has 0 radical (unpaired) electrons. The third-order valence-corrected chi connectivity index (χ3v) is 5.85. The Morgan fingerprint density at radius 1 is 1.03 bits per heavy atom. The van der Waals surface area contributed by atoms with Crippen molar-refractivity contribution in [3.8, 4) is 5.88 Å². The maximum Gasteiger partial charge on any atom is 0.306 e. The number of aryl methyl sites for hydroxylation is 1. The molecule has 1 aromatic carbocycles. The van der Waals surface area contributed by atoms with Crippen molar-refractivity contribution in [3.63, 3.8) is 0 Å². The van der Waals surface area contributed by atoms with Crippen LogP contribution in [0.5, 0.6) is 5.88 Å². The second-order valence-electron chi connectivity index (χ2n) is 7.79. The van der Waals surface area contributed by atoms with E-state index in [1.807, 2.05) is 6.92 Å². The predicted molar refractivity (Wildman–Crippen MR) is 119 cm³/mol. The third kappa shape index (κ3) is 6.43. The molecule has 0 aliphatic heterocycles. The molecule has 2 aromatic rings. The fraction of sp³-hybridized carbons (Fsp3) is 0.391. The summed E-state index contributed by atoms with van der Waals surface area (Å²) in [5.74, 6) is -1.18. The van der Waals surface area contributed by atoms with Crippen LogP contribution < -0.4 is 15.4 Å². The van der Waals surface area contributed by atoms with Gasteiger partial charge in [0.05, 0.1) is 11.5 Å². The number of carbonyl (C=O) groups is 3. The van der Waals surface area contributed by atoms with E-state index in [0.717, 1.165) is 5.56 Å². The highest BCUT2D eigenvalue weighted by molar-refractivity contribution is 6.31. The Morgan fingerprint density at radius 2 is 1.66 bits per heavy atom. The second kappa shape index (κ2) is 10.9. The van der Waals surface area contributed by atoms with Gasteiger partial charge in [0, 0.05) is 35.9 Å². The van der Waals surface area contributed by atoms with E-state index in [9.17, 15) is 14.4 Å². The van der Waals surface area contributed by atoms with E-state index < -0.39 is 5.97 Å². The molecule has 0 unspecified atom stereocenters. The first kappa shape index (κ1) is 23.5. The molecule has 1 aromatic heterocycles. The first-order chi connectivity index (χ1) is 15.3. The van der Waals surface area contributed by atoms with Gasteiger partial charge in [-0.1, -0.05) is 11.6 Å². The molecule has 3 N–H and O–H groups in total. The SMILES string of the molecule is Cc1cc(C(=O)NCCNC(=O)c2ccc(O[C@H]3CC[C@@H](C(=O)O)CC3)nc2)ccc1Cl. The van der Waals surface area contributed by atoms with E-state index in [4.69, 9.17) is 21.4 Å². The van der Waals surface area contributed by atoms with Crippen molar-refractivity contribution in [1.82, 2.24) is 15.6 Å². The largest absolute Gasteiger partial charge is 0.481 e. The van der Waals surface area contributed by atoms with Gasteiger partial charge in [0.1, 0.15) is 6.10 Å². The van der Waals surface area contributed by atoms with E-state index in [0.29, 0.717) is 47.7 Å². The van der Waals surface area contributed by atoms with Crippen LogP contribution in [0.2, 0.25) is 5.02 Å². The van der Waals surface area contributed by atoms with Gasteiger partial charge in [0.25, 0.3) is 11.8 Å². The minimum atomic E-state index is -0.753. The molecule has 3 rings (SSSR count). The number of ether oxygens (including phenoxy) is 1. The highest BCUT2D eigenvalue weighted by Gasteiger charge is 2.27. The van der Waals surface area contributed by atoms with Crippen LogP contribution in [-0.4, -0.2) is 47.1 Å². The average molecular weight is 460 g/mol. The average Bonchev–Trinajstić information content (AvgIpc) is 2.79. The molecule has 1 saturated carbocycles. The van der Waals surface area contributed by atoms with Gasteiger partial charge >= 0.3 is 5.97 Å². The number of halogens is 1. The first-order valence-corrected chi connectivity index (χ1v) is 10.9. The Labute approximate surface area is 191 Å². The van der Waals surface area contributed by atoms with Crippen LogP contribution >= 0.6 is 11.6 Å². The lowest BCUT2D eigenvalue weighted by Gasteiger charge is -2.26. The lowest BCUT2D eigenvalue weighted by molar-refractivity contribution is -0.143. The van der Waals surface area contributed by atoms with Crippen molar-refractivity contribution in [3.05, 3.63) is 58.2 Å². The number of hydrogen-bond donors (Lipinski definition) is 3. The summed E-state index contributed by atoms with van der Waals surface area (Å²) >= 11 is 5.97. The summed E-state index contributed by atoms with van der Waals surface area (Å²) in [4.78, 5) is 39.6. The standard InChI is InChI=1S/C23H26ClN3O5/c1-14-12-16(4-8-19(14)24)21(28)25-10-11-26-22(29)17-5-9-20(27-13-17)32-18-6-2-15(3-7-18)23(30)31/h4-5,8-9,12-13,15,18H,2-3,6-7,10-11H2,1H3,(H,25,28)(H,26,29)(H,30,31)/t15-,18+. The molecule has 1 heterocycles. The van der Waals surface area contributed by atoms with Crippen LogP contribution in [0.1, 0.15) is 52.0 Å². The van der Waals surface area contributed by atoms with Crippen molar-refractivity contribution in [2.75, 3.05) is 13.1 Å². The Balaban J connectivity index is 1.39. The molecular formula is C23H26ClN3O5. The van der Waals surface area contributed by atoms with Crippen molar-refractivity contribution in [2.24, 2.45) is 5.92 Å². The second-order valence-corrected chi connectivity index (χ2v) is 8.20. The summed E-state index contributed by atoms with van der Waals surface area (Å²) in [5, 5.41) is 15.1. The zero-order valence-electron chi connectivity index (χ0n) is 17.8. The van der Waals surface area contributed by atoms with Crippen molar-refractivity contribution in [2.45, 2.75) is 38.7 Å². The molecule has 9 heteroatoms. The lowest BCUT2D eigenvalue weighted by atomic mass is 9.87. The summed E-state index contributed by atoms with van der Waals surface area (Å²) < 4.78 is 5.81. The Hall–Kier alpha value is -3.13. The summed E-state index contributed by atoms with van der Waals surface area (Å²) in [5.41, 5.74) is 1.71. The number of benzene rings is 1. The molecule has 1 aliphatic rings. The van der Waals surface area contributed by atoms with E-state index >= 15 is 0 Å². The minimum absolute atomic E-state index is 0.0641. The number of amides is 2. The summed E-state index contributed by atoms with van der Waals surface area (Å²) in [6, 6.07) is 8.28. The molecule has 0 atom stereocenters. The zero-order chi connectivity index (χ0) is 23.1. The lowest BCUT2D eigenvalue weighted by Crippen LogP contribution is -2.34. The van der Waals surface area contributed by atoms with Crippen molar-refractivity contribution < 1.29 is 24.2 Å². The Morgan fingerprint density at radius 3 is 2.22 bits per heavy atom. The van der Waals surface area contributed by atoms with Crippen LogP contribution in [0.3, 0.4) is 0 Å². The molecule has 0 bridgehead atoms. The maximum atomic E-state index is 12.3. The number of carboxylic acid groups (broad SMARTS) is 1. The molecule has 32 heavy (non-hydrogen) atoms. The van der Waals surface area contributed by atoms with Crippen LogP contribution in [0, 0.1) is 12.8 Å². The topological polar surface area (TPSA) is 118 Å². The van der Waals surface area contributed by atoms with E-state index in [1.165, 1.54) is 6.20 Å². The molecule has 1 aliphatic carbocycles. The van der Waals surface area contributed by atoms with E-state index in [-0.39, 0.29) is 36.9 Å². The molecule has 0 saturated heterocycles. The molecule has 8 nitrogen and oxygen atoms in total. The highest BCUT2D eigenvalue weighted by atomic mass is 35.5. The van der Waals surface area contributed by atoms with E-state index in [1.54, 1.807) is 30.3 Å². The smallest absolute Gasteiger partial charge is 0.306 e. The van der Waals surface area contributed by atoms with Gasteiger partial charge < -0.3 is 20.5 Å². The van der Waals surface area contributed by atoms with Gasteiger partial charge in [-0.05, 0) is 62.4 Å². The maximum absolute atomic E-state index is 12.3. The van der Waals surface area contributed by atoms with E-state index in [2.05, 4.69) is 15.6 Å². The predicted octanol–water partition coefficient (Wildman–Crippen LogP) is 3.23. The summed E-state index contributed by atoms with van der Waals surface area (Å²) in [6.45, 7) is 2.37. The molecular weight excluding hydrogens is 434 g/mol. The third-order valence-electron chi connectivity index (χ3n) is 5.43. The van der Waals surface area contributed by atoms with Gasteiger partial charge in [-0.3, -0.25) is 14.4 Å². The van der Waals surface area contributed by atoms with Crippen LogP contribution in [0.4, 0.5) is 0 Å². The number of pyridine rings is 1. The van der Waals surface area contributed by atoms with Crippen LogP contribution in [0.25, 0.3) is 0 Å². The number of hydrogen-bond acceptors (Lipinski definition) is 5. The normalized spacial score (nSPS) is 17.9. The molecule has 0 spiro atoms. The number of nitrogens with zero attached hydrogens (tertiary/aromatic N) is 1. The summed E-state index contributed by atoms with van der Waals surface area (Å²) in [6.07, 6.45) is 3.89. The first-order valence-electron chi connectivity index (χ1n) is 10.5. The Kier molecular flexibility index (Phi) is 8.05. The van der Waals surface area contributed by atoms with Gasteiger partial charge in [0.15, 0.2) is 0 Å². The van der Waals surface area contributed by atoms with Crippen LogP contribution in [0.15, 0.2) is 36.5 Å². The Bertz CT molecular complexity index is 972. The number of aromatic nitrogens is 1. The van der Waals surface area contributed by atoms with Gasteiger partial charge in [0.2, 0.25) is 5.88 Å². The monoisotopic (exact) mass is 459 g/mol. The molecule has 2 amide bonds. The van der Waals surface area contributed by atoms with Crippen molar-refractivity contribution in [1.29, 1.82) is 0 Å².